The van der Waals surface area contributed by atoms with Crippen LogP contribution in [0.3, 0.4) is 0 Å². The number of phosphoric ester groups is 1. The van der Waals surface area contributed by atoms with Crippen molar-refractivity contribution in [1.82, 2.24) is 0 Å². The fraction of sp³-hybridized carbons (Fsp3) is 0.827. The van der Waals surface area contributed by atoms with Crippen molar-refractivity contribution in [2.24, 2.45) is 0 Å². The van der Waals surface area contributed by atoms with Crippen LogP contribution in [0.15, 0.2) is 48.6 Å². The summed E-state index contributed by atoms with van der Waals surface area (Å²) < 4.78 is 34.3. The lowest BCUT2D eigenvalue weighted by Crippen LogP contribution is -2.64. The molecule has 1 rings (SSSR count). The third-order valence-corrected chi connectivity index (χ3v) is 12.9. The number of hydrogen-bond donors (Lipinski definition) is 6. The monoisotopic (exact) mass is 943 g/mol. The molecule has 0 saturated heterocycles. The highest BCUT2D eigenvalue weighted by molar-refractivity contribution is 7.47. The van der Waals surface area contributed by atoms with E-state index >= 15 is 0 Å². The molecule has 1 aliphatic carbocycles. The summed E-state index contributed by atoms with van der Waals surface area (Å²) in [6.07, 6.45) is 40.3. The van der Waals surface area contributed by atoms with Gasteiger partial charge in [0.05, 0.1) is 13.2 Å². The molecule has 0 aromatic carbocycles. The summed E-state index contributed by atoms with van der Waals surface area (Å²) in [4.78, 5) is 23.2. The van der Waals surface area contributed by atoms with E-state index in [1.54, 1.807) is 0 Å². The molecular weight excluding hydrogens is 848 g/mol. The highest BCUT2D eigenvalue weighted by Crippen LogP contribution is 2.47. The van der Waals surface area contributed by atoms with Gasteiger partial charge in [-0.25, -0.2) is 4.57 Å². The zero-order valence-corrected chi connectivity index (χ0v) is 41.7. The first kappa shape index (κ1) is 61.3. The number of carbonyl (C=O) groups is 1. The molecule has 0 aromatic heterocycles. The number of carbonyl (C=O) groups excluding carboxylic acids is 1. The number of aliphatic hydroxyl groups excluding tert-OH is 5. The predicted octanol–water partition coefficient (Wildman–Crippen LogP) is 11.6. The van der Waals surface area contributed by atoms with Crippen molar-refractivity contribution < 1.29 is 58.3 Å². The molecule has 0 aromatic rings. The van der Waals surface area contributed by atoms with Crippen LogP contribution in [0.1, 0.15) is 213 Å². The number of esters is 1. The number of unbranched alkanes of at least 4 members (excludes halogenated alkanes) is 24. The van der Waals surface area contributed by atoms with E-state index in [-0.39, 0.29) is 13.0 Å². The van der Waals surface area contributed by atoms with Crippen LogP contribution in [0.5, 0.6) is 0 Å². The highest BCUT2D eigenvalue weighted by Gasteiger charge is 2.51. The van der Waals surface area contributed by atoms with Crippen molar-refractivity contribution in [3.8, 4) is 0 Å². The molecule has 0 aliphatic heterocycles. The van der Waals surface area contributed by atoms with Gasteiger partial charge in [-0.2, -0.15) is 0 Å². The van der Waals surface area contributed by atoms with Gasteiger partial charge in [0.25, 0.3) is 0 Å². The first-order valence-electron chi connectivity index (χ1n) is 26.0. The van der Waals surface area contributed by atoms with Gasteiger partial charge in [0.1, 0.15) is 42.7 Å². The topological polar surface area (TPSA) is 192 Å². The van der Waals surface area contributed by atoms with Crippen LogP contribution < -0.4 is 0 Å². The van der Waals surface area contributed by atoms with E-state index in [1.807, 2.05) is 0 Å². The molecule has 0 spiro atoms. The standard InChI is InChI=1S/C52H95O12P/c1-3-5-7-9-11-13-15-17-19-20-21-22-23-24-25-26-27-29-31-33-35-37-39-41-46(53)63-45(44-62-65(59,60)64-52-50(57)48(55)47(54)49(56)51(52)58)43-61-42-40-38-36-34-32-30-28-18-16-14-12-10-8-6-4-2/h15-18,20-21,23-24,45,47-52,54-58H,3-14,19,22,25-44H2,1-2H3,(H,59,60)/b17-15-,18-16-,21-20-,24-23-. The number of phosphoric acid groups is 1. The zero-order valence-electron chi connectivity index (χ0n) is 40.8. The van der Waals surface area contributed by atoms with Gasteiger partial charge in [-0.1, -0.05) is 178 Å². The number of ether oxygens (including phenoxy) is 2. The van der Waals surface area contributed by atoms with Gasteiger partial charge in [-0.15, -0.1) is 0 Å². The van der Waals surface area contributed by atoms with E-state index in [2.05, 4.69) is 62.5 Å². The van der Waals surface area contributed by atoms with Crippen molar-refractivity contribution in [1.29, 1.82) is 0 Å². The molecule has 0 amide bonds. The summed E-state index contributed by atoms with van der Waals surface area (Å²) in [5.41, 5.74) is 0. The van der Waals surface area contributed by atoms with Crippen molar-refractivity contribution in [3.63, 3.8) is 0 Å². The Morgan fingerprint density at radius 3 is 1.32 bits per heavy atom. The Morgan fingerprint density at radius 1 is 0.492 bits per heavy atom. The van der Waals surface area contributed by atoms with Crippen LogP contribution in [0.25, 0.3) is 0 Å². The fourth-order valence-corrected chi connectivity index (χ4v) is 8.74. The van der Waals surface area contributed by atoms with Gasteiger partial charge in [-0.3, -0.25) is 13.8 Å². The molecule has 0 bridgehead atoms. The van der Waals surface area contributed by atoms with Crippen LogP contribution in [0, 0.1) is 0 Å². The maximum absolute atomic E-state index is 12.8. The van der Waals surface area contributed by atoms with E-state index in [0.717, 1.165) is 77.0 Å². The minimum atomic E-state index is -5.03. The second kappa shape index (κ2) is 42.4. The van der Waals surface area contributed by atoms with Crippen LogP contribution in [-0.2, 0) is 27.9 Å². The Morgan fingerprint density at radius 2 is 0.862 bits per heavy atom. The van der Waals surface area contributed by atoms with Gasteiger partial charge in [0, 0.05) is 13.0 Å². The Bertz CT molecular complexity index is 1260. The maximum Gasteiger partial charge on any atom is 0.472 e. The van der Waals surface area contributed by atoms with Crippen molar-refractivity contribution in [2.75, 3.05) is 19.8 Å². The smallest absolute Gasteiger partial charge is 0.457 e. The molecule has 6 N–H and O–H groups in total. The first-order valence-corrected chi connectivity index (χ1v) is 27.5. The fourth-order valence-electron chi connectivity index (χ4n) is 7.77. The molecule has 380 valence electrons. The van der Waals surface area contributed by atoms with Crippen LogP contribution >= 0.6 is 7.82 Å². The Labute approximate surface area is 395 Å². The van der Waals surface area contributed by atoms with E-state index in [9.17, 15) is 39.8 Å². The minimum Gasteiger partial charge on any atom is -0.457 e. The molecule has 12 nitrogen and oxygen atoms in total. The van der Waals surface area contributed by atoms with Gasteiger partial charge in [0.2, 0.25) is 0 Å². The van der Waals surface area contributed by atoms with Crippen molar-refractivity contribution in [3.05, 3.63) is 48.6 Å². The van der Waals surface area contributed by atoms with Crippen LogP contribution in [-0.4, -0.2) is 98.9 Å². The summed E-state index contributed by atoms with van der Waals surface area (Å²) in [5, 5.41) is 50.3. The molecule has 13 heteroatoms. The Hall–Kier alpha value is -1.70. The van der Waals surface area contributed by atoms with E-state index < -0.39 is 63.1 Å². The highest BCUT2D eigenvalue weighted by atomic mass is 31.2. The summed E-state index contributed by atoms with van der Waals surface area (Å²) in [7, 11) is -5.03. The first-order chi connectivity index (χ1) is 31.5. The Balaban J connectivity index is 2.34. The Kier molecular flexibility index (Phi) is 40.0. The van der Waals surface area contributed by atoms with Gasteiger partial charge in [0.15, 0.2) is 0 Å². The largest absolute Gasteiger partial charge is 0.472 e. The minimum absolute atomic E-state index is 0.0843. The number of aliphatic hydroxyl groups is 5. The number of allylic oxidation sites excluding steroid dienone is 8. The van der Waals surface area contributed by atoms with Gasteiger partial charge in [-0.05, 0) is 77.0 Å². The second-order valence-electron chi connectivity index (χ2n) is 18.0. The lowest BCUT2D eigenvalue weighted by atomic mass is 9.85. The summed E-state index contributed by atoms with van der Waals surface area (Å²) in [6.45, 7) is 4.23. The molecule has 6 atom stereocenters. The zero-order chi connectivity index (χ0) is 47.6. The third-order valence-electron chi connectivity index (χ3n) is 11.9. The molecule has 1 fully saturated rings. The maximum atomic E-state index is 12.8. The van der Waals surface area contributed by atoms with Gasteiger partial charge < -0.3 is 39.9 Å². The van der Waals surface area contributed by atoms with E-state index in [4.69, 9.17) is 18.5 Å². The summed E-state index contributed by atoms with van der Waals surface area (Å²) in [5.74, 6) is -0.486. The molecule has 0 heterocycles. The lowest BCUT2D eigenvalue weighted by molar-refractivity contribution is -0.220. The third kappa shape index (κ3) is 34.3. The van der Waals surface area contributed by atoms with Crippen LogP contribution in [0.4, 0.5) is 0 Å². The average Bonchev–Trinajstić information content (AvgIpc) is 3.29. The molecular formula is C52H95O12P. The average molecular weight is 943 g/mol. The predicted molar refractivity (Wildman–Crippen MR) is 262 cm³/mol. The van der Waals surface area contributed by atoms with Gasteiger partial charge >= 0.3 is 13.8 Å². The lowest BCUT2D eigenvalue weighted by Gasteiger charge is -2.41. The molecule has 65 heavy (non-hydrogen) atoms. The molecule has 1 saturated carbocycles. The SMILES string of the molecule is CCCCCCC/C=C\C/C=C\C/C=C\CCCCCCCCCCC(=O)OC(COCCCCCCCC/C=C\CCCCCCC)COP(=O)(O)OC1C(O)C(O)C(O)C(O)C1O. The normalized spacial score (nSPS) is 21.9. The van der Waals surface area contributed by atoms with E-state index in [0.29, 0.717) is 13.0 Å². The quantitative estimate of drug-likeness (QED) is 0.0147. The van der Waals surface area contributed by atoms with E-state index in [1.165, 1.54) is 109 Å². The summed E-state index contributed by atoms with van der Waals surface area (Å²) >= 11 is 0. The second-order valence-corrected chi connectivity index (χ2v) is 19.4. The molecule has 1 aliphatic rings. The number of rotatable bonds is 44. The molecule has 0 radical (unpaired) electrons. The summed E-state index contributed by atoms with van der Waals surface area (Å²) in [6, 6.07) is 0. The number of hydrogen-bond acceptors (Lipinski definition) is 11. The van der Waals surface area contributed by atoms with Crippen LogP contribution in [0.2, 0.25) is 0 Å². The van der Waals surface area contributed by atoms with Crippen molar-refractivity contribution in [2.45, 2.75) is 256 Å². The van der Waals surface area contributed by atoms with Crippen molar-refractivity contribution >= 4 is 13.8 Å². The molecule has 6 unspecified atom stereocenters.